The highest BCUT2D eigenvalue weighted by atomic mass is 32.2. The van der Waals surface area contributed by atoms with Gasteiger partial charge in [-0.25, -0.2) is 8.42 Å². The molecule has 1 atom stereocenters. The monoisotopic (exact) mass is 348 g/mol. The maximum atomic E-state index is 12.2. The van der Waals surface area contributed by atoms with E-state index in [0.717, 1.165) is 6.26 Å². The van der Waals surface area contributed by atoms with Crippen LogP contribution in [0.2, 0.25) is 0 Å². The number of rotatable bonds is 6. The van der Waals surface area contributed by atoms with Crippen LogP contribution in [0.1, 0.15) is 24.1 Å². The van der Waals surface area contributed by atoms with Gasteiger partial charge in [-0.1, -0.05) is 36.4 Å². The number of phenols is 1. The summed E-state index contributed by atoms with van der Waals surface area (Å²) in [5.74, 6) is -0.197. The zero-order chi connectivity index (χ0) is 17.7. The van der Waals surface area contributed by atoms with E-state index in [9.17, 15) is 18.3 Å². The summed E-state index contributed by atoms with van der Waals surface area (Å²) in [5.41, 5.74) is 1.62. The summed E-state index contributed by atoms with van der Waals surface area (Å²) in [5, 5.41) is 12.5. The highest BCUT2D eigenvalue weighted by Gasteiger charge is 2.16. The van der Waals surface area contributed by atoms with Crippen LogP contribution in [0, 0.1) is 0 Å². The molecule has 0 aromatic heterocycles. The molecule has 24 heavy (non-hydrogen) atoms. The Kier molecular flexibility index (Phi) is 5.46. The van der Waals surface area contributed by atoms with Gasteiger partial charge in [0.25, 0.3) is 0 Å². The lowest BCUT2D eigenvalue weighted by molar-refractivity contribution is -0.121. The van der Waals surface area contributed by atoms with E-state index in [0.29, 0.717) is 16.8 Å². The van der Waals surface area contributed by atoms with Crippen molar-refractivity contribution in [1.82, 2.24) is 5.32 Å². The first-order valence-electron chi connectivity index (χ1n) is 7.39. The number of carbonyl (C=O) groups is 1. The van der Waals surface area contributed by atoms with Gasteiger partial charge in [-0.05, 0) is 24.6 Å². The van der Waals surface area contributed by atoms with Crippen molar-refractivity contribution in [3.8, 4) is 5.75 Å². The van der Waals surface area contributed by atoms with E-state index in [2.05, 4.69) is 10.0 Å². The Labute approximate surface area is 141 Å². The SMILES string of the molecule is C[C@H](NC(=O)Cc1ccccc1O)c1ccccc1NS(C)(=O)=O. The first-order valence-corrected chi connectivity index (χ1v) is 9.28. The molecule has 2 rings (SSSR count). The lowest BCUT2D eigenvalue weighted by Crippen LogP contribution is -2.28. The van der Waals surface area contributed by atoms with Crippen molar-refractivity contribution in [1.29, 1.82) is 0 Å². The Balaban J connectivity index is 2.11. The number of sulfonamides is 1. The molecule has 0 saturated heterocycles. The quantitative estimate of drug-likeness (QED) is 0.745. The summed E-state index contributed by atoms with van der Waals surface area (Å²) in [7, 11) is -3.41. The first-order chi connectivity index (χ1) is 11.3. The third kappa shape index (κ3) is 4.99. The normalized spacial score (nSPS) is 12.4. The number of hydrogen-bond acceptors (Lipinski definition) is 4. The summed E-state index contributed by atoms with van der Waals surface area (Å²) >= 11 is 0. The lowest BCUT2D eigenvalue weighted by Gasteiger charge is -2.18. The van der Waals surface area contributed by atoms with Gasteiger partial charge in [-0.2, -0.15) is 0 Å². The average Bonchev–Trinajstić information content (AvgIpc) is 2.48. The van der Waals surface area contributed by atoms with E-state index in [1.807, 2.05) is 0 Å². The zero-order valence-corrected chi connectivity index (χ0v) is 14.3. The minimum Gasteiger partial charge on any atom is -0.508 e. The maximum Gasteiger partial charge on any atom is 0.229 e. The summed E-state index contributed by atoms with van der Waals surface area (Å²) in [6, 6.07) is 13.1. The molecule has 0 radical (unpaired) electrons. The van der Waals surface area contributed by atoms with Gasteiger partial charge in [0.15, 0.2) is 0 Å². The lowest BCUT2D eigenvalue weighted by atomic mass is 10.1. The van der Waals surface area contributed by atoms with Crippen molar-refractivity contribution in [2.24, 2.45) is 0 Å². The Morgan fingerprint density at radius 3 is 2.42 bits per heavy atom. The van der Waals surface area contributed by atoms with E-state index in [1.165, 1.54) is 6.07 Å². The van der Waals surface area contributed by atoms with Gasteiger partial charge in [0.05, 0.1) is 24.4 Å². The van der Waals surface area contributed by atoms with Crippen molar-refractivity contribution in [2.45, 2.75) is 19.4 Å². The van der Waals surface area contributed by atoms with Gasteiger partial charge < -0.3 is 10.4 Å². The molecule has 1 amide bonds. The number of amides is 1. The molecule has 6 nitrogen and oxygen atoms in total. The predicted molar refractivity (Wildman–Crippen MR) is 93.3 cm³/mol. The summed E-state index contributed by atoms with van der Waals surface area (Å²) in [6.45, 7) is 1.77. The van der Waals surface area contributed by atoms with Gasteiger partial charge in [0, 0.05) is 5.56 Å². The van der Waals surface area contributed by atoms with E-state index in [1.54, 1.807) is 49.4 Å². The molecule has 7 heteroatoms. The fourth-order valence-corrected chi connectivity index (χ4v) is 2.96. The molecule has 128 valence electrons. The number of hydrogen-bond donors (Lipinski definition) is 3. The summed E-state index contributed by atoms with van der Waals surface area (Å²) in [6.07, 6.45) is 1.11. The molecule has 2 aromatic rings. The van der Waals surface area contributed by atoms with E-state index in [4.69, 9.17) is 0 Å². The molecule has 0 bridgehead atoms. The fraction of sp³-hybridized carbons (Fsp3) is 0.235. The number of benzene rings is 2. The molecule has 0 aliphatic heterocycles. The second-order valence-corrected chi connectivity index (χ2v) is 7.30. The molecule has 0 spiro atoms. The van der Waals surface area contributed by atoms with Crippen LogP contribution in [0.5, 0.6) is 5.75 Å². The Bertz CT molecular complexity index is 834. The van der Waals surface area contributed by atoms with Crippen LogP contribution in [-0.2, 0) is 21.2 Å². The third-order valence-corrected chi connectivity index (χ3v) is 4.03. The highest BCUT2D eigenvalue weighted by molar-refractivity contribution is 7.92. The van der Waals surface area contributed by atoms with Gasteiger partial charge in [0.1, 0.15) is 5.75 Å². The molecule has 2 aromatic carbocycles. The number of carbonyl (C=O) groups excluding carboxylic acids is 1. The molecular weight excluding hydrogens is 328 g/mol. The van der Waals surface area contributed by atoms with E-state index >= 15 is 0 Å². The van der Waals surface area contributed by atoms with E-state index < -0.39 is 16.1 Å². The number of anilines is 1. The Morgan fingerprint density at radius 2 is 1.75 bits per heavy atom. The molecule has 0 aliphatic rings. The molecule has 0 aliphatic carbocycles. The number of aromatic hydroxyl groups is 1. The van der Waals surface area contributed by atoms with Crippen LogP contribution in [0.15, 0.2) is 48.5 Å². The first kappa shape index (κ1) is 17.8. The van der Waals surface area contributed by atoms with Crippen LogP contribution in [-0.4, -0.2) is 25.7 Å². The van der Waals surface area contributed by atoms with Crippen molar-refractivity contribution < 1.29 is 18.3 Å². The van der Waals surface area contributed by atoms with Crippen LogP contribution >= 0.6 is 0 Å². The molecular formula is C17H20N2O4S. The van der Waals surface area contributed by atoms with Crippen LogP contribution in [0.4, 0.5) is 5.69 Å². The van der Waals surface area contributed by atoms with Gasteiger partial charge in [-0.3, -0.25) is 9.52 Å². The van der Waals surface area contributed by atoms with Crippen LogP contribution in [0.3, 0.4) is 0 Å². The van der Waals surface area contributed by atoms with E-state index in [-0.39, 0.29) is 18.1 Å². The molecule has 0 unspecified atom stereocenters. The number of para-hydroxylation sites is 2. The van der Waals surface area contributed by atoms with Gasteiger partial charge in [-0.15, -0.1) is 0 Å². The van der Waals surface area contributed by atoms with Crippen LogP contribution < -0.4 is 10.0 Å². The number of nitrogens with one attached hydrogen (secondary N) is 2. The smallest absolute Gasteiger partial charge is 0.229 e. The second-order valence-electron chi connectivity index (χ2n) is 5.56. The molecule has 3 N–H and O–H groups in total. The summed E-state index contributed by atoms with van der Waals surface area (Å²) < 4.78 is 25.3. The predicted octanol–water partition coefficient (Wildman–Crippen LogP) is 2.18. The van der Waals surface area contributed by atoms with Crippen LogP contribution in [0.25, 0.3) is 0 Å². The Morgan fingerprint density at radius 1 is 1.12 bits per heavy atom. The minimum absolute atomic E-state index is 0.0404. The molecule has 0 saturated carbocycles. The largest absolute Gasteiger partial charge is 0.508 e. The summed E-state index contributed by atoms with van der Waals surface area (Å²) in [4.78, 5) is 12.2. The Hall–Kier alpha value is -2.54. The molecule has 0 heterocycles. The second kappa shape index (κ2) is 7.35. The van der Waals surface area contributed by atoms with Crippen molar-refractivity contribution in [2.75, 3.05) is 11.0 Å². The topological polar surface area (TPSA) is 95.5 Å². The van der Waals surface area contributed by atoms with Gasteiger partial charge in [0.2, 0.25) is 15.9 Å². The van der Waals surface area contributed by atoms with Crippen molar-refractivity contribution >= 4 is 21.6 Å². The maximum absolute atomic E-state index is 12.2. The third-order valence-electron chi connectivity index (χ3n) is 3.44. The molecule has 0 fully saturated rings. The van der Waals surface area contributed by atoms with Crippen molar-refractivity contribution in [3.05, 3.63) is 59.7 Å². The average molecular weight is 348 g/mol. The zero-order valence-electron chi connectivity index (χ0n) is 13.5. The number of phenolic OH excluding ortho intramolecular Hbond substituents is 1. The van der Waals surface area contributed by atoms with Crippen molar-refractivity contribution in [3.63, 3.8) is 0 Å². The fourth-order valence-electron chi connectivity index (χ4n) is 2.37. The van der Waals surface area contributed by atoms with Gasteiger partial charge >= 0.3 is 0 Å². The minimum atomic E-state index is -3.41. The standard InChI is InChI=1S/C17H20N2O4S/c1-12(14-8-4-5-9-15(14)19-24(2,22)23)18-17(21)11-13-7-3-6-10-16(13)20/h3-10,12,19-20H,11H2,1-2H3,(H,18,21)/t12-/m0/s1. The highest BCUT2D eigenvalue weighted by Crippen LogP contribution is 2.24.